The zero-order valence-electron chi connectivity index (χ0n) is 22.4. The van der Waals surface area contributed by atoms with Gasteiger partial charge in [0, 0.05) is 29.9 Å². The van der Waals surface area contributed by atoms with E-state index < -0.39 is 66.2 Å². The fraction of sp³-hybridized carbons (Fsp3) is 0.462. The van der Waals surface area contributed by atoms with Gasteiger partial charge in [0.05, 0.1) is 12.5 Å². The molecule has 4 atom stereocenters. The molecule has 1 aromatic carbocycles. The molecule has 4 unspecified atom stereocenters. The van der Waals surface area contributed by atoms with Gasteiger partial charge in [-0.1, -0.05) is 18.2 Å². The van der Waals surface area contributed by atoms with Crippen molar-refractivity contribution in [1.29, 1.82) is 0 Å². The molecule has 0 saturated heterocycles. The van der Waals surface area contributed by atoms with Crippen molar-refractivity contribution in [1.82, 2.24) is 20.9 Å². The van der Waals surface area contributed by atoms with Crippen LogP contribution in [0.5, 0.6) is 0 Å². The van der Waals surface area contributed by atoms with Crippen molar-refractivity contribution >= 4 is 46.5 Å². The number of aromatic nitrogens is 1. The first-order valence-electron chi connectivity index (χ1n) is 13.1. The van der Waals surface area contributed by atoms with Gasteiger partial charge in [-0.05, 0) is 43.9 Å². The van der Waals surface area contributed by atoms with Crippen molar-refractivity contribution < 1.29 is 39.0 Å². The highest BCUT2D eigenvalue weighted by atomic mass is 16.4. The number of para-hydroxylation sites is 1. The predicted molar refractivity (Wildman–Crippen MR) is 147 cm³/mol. The number of primary amides is 1. The van der Waals surface area contributed by atoms with Crippen molar-refractivity contribution in [3.05, 3.63) is 36.0 Å². The minimum absolute atomic E-state index is 0.0890. The van der Waals surface area contributed by atoms with E-state index in [1.165, 1.54) is 0 Å². The van der Waals surface area contributed by atoms with Gasteiger partial charge in [0.1, 0.15) is 18.1 Å². The Morgan fingerprint density at radius 1 is 0.854 bits per heavy atom. The molecule has 0 aliphatic heterocycles. The third kappa shape index (κ3) is 10.5. The molecule has 0 saturated carbocycles. The van der Waals surface area contributed by atoms with E-state index in [4.69, 9.17) is 22.3 Å². The van der Waals surface area contributed by atoms with Crippen molar-refractivity contribution in [2.75, 3.05) is 6.54 Å². The fourth-order valence-electron chi connectivity index (χ4n) is 4.13. The van der Waals surface area contributed by atoms with Crippen LogP contribution in [0.2, 0.25) is 0 Å². The van der Waals surface area contributed by atoms with Crippen LogP contribution in [0.15, 0.2) is 30.5 Å². The largest absolute Gasteiger partial charge is 0.481 e. The maximum atomic E-state index is 13.1. The molecule has 0 fully saturated rings. The number of amides is 4. The number of hydrogen-bond acceptors (Lipinski definition) is 8. The number of rotatable bonds is 18. The summed E-state index contributed by atoms with van der Waals surface area (Å²) in [6.07, 6.45) is 1.41. The molecule has 0 aliphatic rings. The van der Waals surface area contributed by atoms with Gasteiger partial charge in [-0.15, -0.1) is 0 Å². The van der Waals surface area contributed by atoms with E-state index in [9.17, 15) is 33.9 Å². The second-order valence-electron chi connectivity index (χ2n) is 9.58. The van der Waals surface area contributed by atoms with Gasteiger partial charge in [-0.25, -0.2) is 4.79 Å². The average molecular weight is 576 g/mol. The lowest BCUT2D eigenvalue weighted by molar-refractivity contribution is -0.142. The van der Waals surface area contributed by atoms with Crippen LogP contribution >= 0.6 is 0 Å². The van der Waals surface area contributed by atoms with Crippen LogP contribution in [0.3, 0.4) is 0 Å². The number of carboxylic acids is 2. The van der Waals surface area contributed by atoms with Crippen LogP contribution in [0, 0.1) is 0 Å². The van der Waals surface area contributed by atoms with Crippen LogP contribution < -0.4 is 33.2 Å². The molecular weight excluding hydrogens is 538 g/mol. The number of nitrogens with one attached hydrogen (secondary N) is 4. The van der Waals surface area contributed by atoms with Gasteiger partial charge in [-0.2, -0.15) is 0 Å². The Morgan fingerprint density at radius 3 is 2.12 bits per heavy atom. The third-order valence-corrected chi connectivity index (χ3v) is 6.34. The summed E-state index contributed by atoms with van der Waals surface area (Å²) in [6.45, 7) is 0.320. The van der Waals surface area contributed by atoms with Crippen LogP contribution in [0.25, 0.3) is 10.9 Å². The molecule has 4 amide bonds. The molecule has 0 spiro atoms. The summed E-state index contributed by atoms with van der Waals surface area (Å²) in [7, 11) is 0. The van der Waals surface area contributed by atoms with E-state index in [2.05, 4.69) is 20.9 Å². The second-order valence-corrected chi connectivity index (χ2v) is 9.58. The standard InChI is InChI=1S/C26H37N7O8/c27-10-4-3-7-18(31-23(37)16(28)8-9-22(35)36)24(38)32-19(12-21(29)34)25(39)33-20(26(40)41)11-14-13-30-17-6-2-1-5-15(14)17/h1-2,5-6,13,16,18-20,30H,3-4,7-12,27-28H2,(H2,29,34)(H,31,37)(H,32,38)(H,33,39)(H,35,36)(H,40,41). The van der Waals surface area contributed by atoms with Gasteiger partial charge < -0.3 is 48.3 Å². The lowest BCUT2D eigenvalue weighted by atomic mass is 10.0. The number of aromatic amines is 1. The van der Waals surface area contributed by atoms with Gasteiger partial charge in [0.15, 0.2) is 0 Å². The Kier molecular flexibility index (Phi) is 12.7. The molecule has 41 heavy (non-hydrogen) atoms. The van der Waals surface area contributed by atoms with Gasteiger partial charge in [0.25, 0.3) is 0 Å². The molecule has 0 aliphatic carbocycles. The quantitative estimate of drug-likeness (QED) is 0.0922. The summed E-state index contributed by atoms with van der Waals surface area (Å²) in [6, 6.07) is 1.86. The first-order valence-corrected chi connectivity index (χ1v) is 13.1. The molecular formula is C26H37N7O8. The highest BCUT2D eigenvalue weighted by Crippen LogP contribution is 2.19. The number of nitrogens with two attached hydrogens (primary N) is 3. The Hall–Kier alpha value is -4.50. The monoisotopic (exact) mass is 575 g/mol. The molecule has 224 valence electrons. The van der Waals surface area contributed by atoms with Crippen LogP contribution in [0.4, 0.5) is 0 Å². The van der Waals surface area contributed by atoms with E-state index in [-0.39, 0.29) is 25.7 Å². The molecule has 0 bridgehead atoms. The number of unbranched alkanes of at least 4 members (excludes halogenated alkanes) is 1. The number of carboxylic acid groups (broad SMARTS) is 2. The molecule has 1 heterocycles. The topological polar surface area (TPSA) is 273 Å². The highest BCUT2D eigenvalue weighted by molar-refractivity contribution is 5.96. The number of aliphatic carboxylic acids is 2. The summed E-state index contributed by atoms with van der Waals surface area (Å²) in [5.74, 6) is -6.00. The number of H-pyrrole nitrogens is 1. The summed E-state index contributed by atoms with van der Waals surface area (Å²) in [4.78, 5) is 76.3. The maximum Gasteiger partial charge on any atom is 0.326 e. The van der Waals surface area contributed by atoms with Gasteiger partial charge in [0.2, 0.25) is 23.6 Å². The molecule has 12 N–H and O–H groups in total. The van der Waals surface area contributed by atoms with Crippen LogP contribution in [-0.2, 0) is 35.2 Å². The number of carbonyl (C=O) groups excluding carboxylic acids is 4. The minimum atomic E-state index is -1.54. The number of benzene rings is 1. The molecule has 2 rings (SSSR count). The predicted octanol–water partition coefficient (Wildman–Crippen LogP) is -1.55. The van der Waals surface area contributed by atoms with E-state index in [1.807, 2.05) is 12.1 Å². The summed E-state index contributed by atoms with van der Waals surface area (Å²) in [5.41, 5.74) is 18.0. The zero-order valence-corrected chi connectivity index (χ0v) is 22.4. The SMILES string of the molecule is NCCCCC(NC(=O)C(N)CCC(=O)O)C(=O)NC(CC(N)=O)C(=O)NC(Cc1c[nH]c2ccccc12)C(=O)O. The van der Waals surface area contributed by atoms with E-state index in [0.29, 0.717) is 24.9 Å². The van der Waals surface area contributed by atoms with Crippen molar-refractivity contribution in [3.8, 4) is 0 Å². The van der Waals surface area contributed by atoms with E-state index in [1.54, 1.807) is 18.3 Å². The van der Waals surface area contributed by atoms with Crippen LogP contribution in [-0.4, -0.2) is 81.5 Å². The maximum absolute atomic E-state index is 13.1. The number of carbonyl (C=O) groups is 6. The lowest BCUT2D eigenvalue weighted by Crippen LogP contribution is -2.58. The molecule has 1 aromatic heterocycles. The average Bonchev–Trinajstić information content (AvgIpc) is 3.32. The summed E-state index contributed by atoms with van der Waals surface area (Å²) >= 11 is 0. The lowest BCUT2D eigenvalue weighted by Gasteiger charge is -2.25. The fourth-order valence-corrected chi connectivity index (χ4v) is 4.13. The minimum Gasteiger partial charge on any atom is -0.481 e. The van der Waals surface area contributed by atoms with Crippen LogP contribution in [0.1, 0.15) is 44.1 Å². The normalized spacial score (nSPS) is 13.9. The smallest absolute Gasteiger partial charge is 0.326 e. The van der Waals surface area contributed by atoms with E-state index >= 15 is 0 Å². The zero-order chi connectivity index (χ0) is 30.5. The number of hydrogen-bond donors (Lipinski definition) is 9. The second kappa shape index (κ2) is 15.9. The highest BCUT2D eigenvalue weighted by Gasteiger charge is 2.31. The third-order valence-electron chi connectivity index (χ3n) is 6.34. The van der Waals surface area contributed by atoms with Crippen molar-refractivity contribution in [3.63, 3.8) is 0 Å². The first-order chi connectivity index (χ1) is 19.4. The molecule has 0 radical (unpaired) electrons. The Labute approximate surface area is 235 Å². The Morgan fingerprint density at radius 2 is 1.49 bits per heavy atom. The van der Waals surface area contributed by atoms with Crippen molar-refractivity contribution in [2.45, 2.75) is 69.1 Å². The van der Waals surface area contributed by atoms with Gasteiger partial charge >= 0.3 is 11.9 Å². The first kappa shape index (κ1) is 32.7. The van der Waals surface area contributed by atoms with Crippen molar-refractivity contribution in [2.24, 2.45) is 17.2 Å². The Bertz CT molecular complexity index is 1250. The number of fused-ring (bicyclic) bond motifs is 1. The molecule has 2 aromatic rings. The van der Waals surface area contributed by atoms with E-state index in [0.717, 1.165) is 10.9 Å². The Balaban J connectivity index is 2.16. The van der Waals surface area contributed by atoms with Gasteiger partial charge in [-0.3, -0.25) is 24.0 Å². The molecule has 15 nitrogen and oxygen atoms in total. The summed E-state index contributed by atoms with van der Waals surface area (Å²) in [5, 5.41) is 26.5. The summed E-state index contributed by atoms with van der Waals surface area (Å²) < 4.78 is 0. The molecule has 15 heteroatoms.